The van der Waals surface area contributed by atoms with Gasteiger partial charge in [-0.2, -0.15) is 0 Å². The van der Waals surface area contributed by atoms with Crippen LogP contribution in [0.4, 0.5) is 10.1 Å². The smallest absolute Gasteiger partial charge is 0.270 e. The summed E-state index contributed by atoms with van der Waals surface area (Å²) in [4.78, 5) is 21.9. The van der Waals surface area contributed by atoms with Crippen molar-refractivity contribution in [3.8, 4) is 0 Å². The van der Waals surface area contributed by atoms with E-state index in [4.69, 9.17) is 0 Å². The van der Waals surface area contributed by atoms with Crippen LogP contribution in [0.3, 0.4) is 0 Å². The van der Waals surface area contributed by atoms with Gasteiger partial charge >= 0.3 is 0 Å². The lowest BCUT2D eigenvalue weighted by atomic mass is 9.97. The van der Waals surface area contributed by atoms with Gasteiger partial charge in [-0.15, -0.1) is 0 Å². The van der Waals surface area contributed by atoms with Gasteiger partial charge in [0.05, 0.1) is 10.5 Å². The fraction of sp³-hybridized carbons (Fsp3) is 0.462. The molecule has 0 heterocycles. The molecule has 0 aliphatic carbocycles. The number of rotatable bonds is 3. The number of nitro benzene ring substituents is 1. The lowest BCUT2D eigenvalue weighted by molar-refractivity contribution is -0.385. The van der Waals surface area contributed by atoms with Crippen molar-refractivity contribution in [1.29, 1.82) is 0 Å². The first-order valence-electron chi connectivity index (χ1n) is 5.84. The third-order valence-corrected chi connectivity index (χ3v) is 2.47. The summed E-state index contributed by atoms with van der Waals surface area (Å²) >= 11 is 0. The molecule has 0 atom stereocenters. The first-order chi connectivity index (χ1) is 8.61. The highest BCUT2D eigenvalue weighted by molar-refractivity contribution is 5.95. The Labute approximate surface area is 111 Å². The molecule has 0 fully saturated rings. The van der Waals surface area contributed by atoms with Crippen molar-refractivity contribution in [2.24, 2.45) is 5.41 Å². The second kappa shape index (κ2) is 5.34. The number of aryl methyl sites for hydroxylation is 1. The van der Waals surface area contributed by atoms with E-state index in [1.165, 1.54) is 6.92 Å². The van der Waals surface area contributed by atoms with Crippen LogP contribution >= 0.6 is 0 Å². The summed E-state index contributed by atoms with van der Waals surface area (Å²) in [7, 11) is 0. The zero-order valence-corrected chi connectivity index (χ0v) is 11.4. The highest BCUT2D eigenvalue weighted by Gasteiger charge is 2.21. The molecule has 0 bridgehead atoms. The van der Waals surface area contributed by atoms with Gasteiger partial charge in [-0.25, -0.2) is 4.39 Å². The number of hydrogen-bond donors (Lipinski definition) is 1. The normalized spacial score (nSPS) is 11.2. The van der Waals surface area contributed by atoms with Gasteiger partial charge in [-0.1, -0.05) is 20.8 Å². The lowest BCUT2D eigenvalue weighted by Crippen LogP contribution is -2.32. The number of hydrogen-bond acceptors (Lipinski definition) is 3. The van der Waals surface area contributed by atoms with Crippen LogP contribution in [0.15, 0.2) is 12.1 Å². The molecule has 0 spiro atoms. The summed E-state index contributed by atoms with van der Waals surface area (Å²) in [5.41, 5.74) is -0.659. The third-order valence-electron chi connectivity index (χ3n) is 2.47. The molecule has 0 unspecified atom stereocenters. The summed E-state index contributed by atoms with van der Waals surface area (Å²) in [5.74, 6) is -1.36. The number of carbonyl (C=O) groups excluding carboxylic acids is 1. The van der Waals surface area contributed by atoms with Crippen LogP contribution in [-0.4, -0.2) is 17.4 Å². The van der Waals surface area contributed by atoms with E-state index in [0.29, 0.717) is 6.54 Å². The van der Waals surface area contributed by atoms with Crippen LogP contribution in [0.2, 0.25) is 0 Å². The Morgan fingerprint density at radius 2 is 2.00 bits per heavy atom. The standard InChI is InChI=1S/C13H17FN2O3/c1-8-5-9(16(18)19)6-10(11(8)14)12(17)15-7-13(2,3)4/h5-6H,7H2,1-4H3,(H,15,17). The van der Waals surface area contributed by atoms with Crippen molar-refractivity contribution in [2.45, 2.75) is 27.7 Å². The Kier molecular flexibility index (Phi) is 4.24. The fourth-order valence-corrected chi connectivity index (χ4v) is 1.46. The Bertz CT molecular complexity index is 521. The van der Waals surface area contributed by atoms with Crippen molar-refractivity contribution in [3.05, 3.63) is 39.2 Å². The molecule has 0 aliphatic rings. The van der Waals surface area contributed by atoms with Gasteiger partial charge < -0.3 is 5.32 Å². The van der Waals surface area contributed by atoms with Crippen LogP contribution in [0.1, 0.15) is 36.7 Å². The first kappa shape index (κ1) is 15.1. The molecule has 0 radical (unpaired) electrons. The predicted octanol–water partition coefficient (Wildman–Crippen LogP) is 2.82. The van der Waals surface area contributed by atoms with E-state index in [0.717, 1.165) is 12.1 Å². The molecule has 19 heavy (non-hydrogen) atoms. The molecule has 1 N–H and O–H groups in total. The summed E-state index contributed by atoms with van der Waals surface area (Å²) in [5, 5.41) is 13.3. The highest BCUT2D eigenvalue weighted by Crippen LogP contribution is 2.21. The fourth-order valence-electron chi connectivity index (χ4n) is 1.46. The molecule has 0 aromatic heterocycles. The number of nitro groups is 1. The molecular formula is C13H17FN2O3. The minimum absolute atomic E-state index is 0.0788. The van der Waals surface area contributed by atoms with Gasteiger partial charge in [0.15, 0.2) is 0 Å². The molecule has 6 heteroatoms. The molecule has 1 amide bonds. The summed E-state index contributed by atoms with van der Waals surface area (Å²) < 4.78 is 13.8. The number of amides is 1. The van der Waals surface area contributed by atoms with Crippen molar-refractivity contribution in [1.82, 2.24) is 5.32 Å². The second-order valence-electron chi connectivity index (χ2n) is 5.62. The number of nitrogens with one attached hydrogen (secondary N) is 1. The van der Waals surface area contributed by atoms with Gasteiger partial charge in [0, 0.05) is 18.7 Å². The third kappa shape index (κ3) is 4.01. The van der Waals surface area contributed by atoms with E-state index in [2.05, 4.69) is 5.32 Å². The van der Waals surface area contributed by atoms with E-state index < -0.39 is 16.6 Å². The Hall–Kier alpha value is -1.98. The maximum atomic E-state index is 13.8. The van der Waals surface area contributed by atoms with Gasteiger partial charge in [0.2, 0.25) is 0 Å². The van der Waals surface area contributed by atoms with Crippen molar-refractivity contribution < 1.29 is 14.1 Å². The Morgan fingerprint density at radius 1 is 1.42 bits per heavy atom. The zero-order chi connectivity index (χ0) is 14.8. The van der Waals surface area contributed by atoms with E-state index >= 15 is 0 Å². The lowest BCUT2D eigenvalue weighted by Gasteiger charge is -2.18. The number of halogens is 1. The van der Waals surface area contributed by atoms with Crippen LogP contribution in [0, 0.1) is 28.3 Å². The van der Waals surface area contributed by atoms with Crippen molar-refractivity contribution in [3.63, 3.8) is 0 Å². The minimum Gasteiger partial charge on any atom is -0.351 e. The van der Waals surface area contributed by atoms with E-state index in [1.807, 2.05) is 20.8 Å². The zero-order valence-electron chi connectivity index (χ0n) is 11.4. The molecule has 0 saturated heterocycles. The summed E-state index contributed by atoms with van der Waals surface area (Å²) in [6.45, 7) is 7.50. The summed E-state index contributed by atoms with van der Waals surface area (Å²) in [6.07, 6.45) is 0. The molecule has 0 aliphatic heterocycles. The van der Waals surface area contributed by atoms with Crippen LogP contribution in [0.5, 0.6) is 0 Å². The van der Waals surface area contributed by atoms with Crippen LogP contribution < -0.4 is 5.32 Å². The molecular weight excluding hydrogens is 251 g/mol. The highest BCUT2D eigenvalue weighted by atomic mass is 19.1. The number of carbonyl (C=O) groups is 1. The molecule has 1 rings (SSSR count). The quantitative estimate of drug-likeness (QED) is 0.676. The topological polar surface area (TPSA) is 72.2 Å². The van der Waals surface area contributed by atoms with E-state index in [-0.39, 0.29) is 22.2 Å². The summed E-state index contributed by atoms with van der Waals surface area (Å²) in [6, 6.07) is 2.07. The van der Waals surface area contributed by atoms with Crippen LogP contribution in [-0.2, 0) is 0 Å². The van der Waals surface area contributed by atoms with Crippen molar-refractivity contribution in [2.75, 3.05) is 6.54 Å². The van der Waals surface area contributed by atoms with Gasteiger partial charge in [0.1, 0.15) is 5.82 Å². The second-order valence-corrected chi connectivity index (χ2v) is 5.62. The number of nitrogens with zero attached hydrogens (tertiary/aromatic N) is 1. The first-order valence-corrected chi connectivity index (χ1v) is 5.84. The average Bonchev–Trinajstić information content (AvgIpc) is 2.28. The SMILES string of the molecule is Cc1cc([N+](=O)[O-])cc(C(=O)NCC(C)(C)C)c1F. The molecule has 1 aromatic carbocycles. The monoisotopic (exact) mass is 268 g/mol. The maximum absolute atomic E-state index is 13.8. The molecule has 5 nitrogen and oxygen atoms in total. The van der Waals surface area contributed by atoms with Gasteiger partial charge in [-0.05, 0) is 17.9 Å². The Balaban J connectivity index is 3.05. The van der Waals surface area contributed by atoms with Crippen molar-refractivity contribution >= 4 is 11.6 Å². The van der Waals surface area contributed by atoms with E-state index in [1.54, 1.807) is 0 Å². The largest absolute Gasteiger partial charge is 0.351 e. The number of non-ortho nitro benzene ring substituents is 1. The van der Waals surface area contributed by atoms with Gasteiger partial charge in [0.25, 0.3) is 11.6 Å². The molecule has 104 valence electrons. The molecule has 1 aromatic rings. The minimum atomic E-state index is -0.725. The Morgan fingerprint density at radius 3 is 2.47 bits per heavy atom. The van der Waals surface area contributed by atoms with Crippen LogP contribution in [0.25, 0.3) is 0 Å². The number of benzene rings is 1. The predicted molar refractivity (Wildman–Crippen MR) is 69.6 cm³/mol. The maximum Gasteiger partial charge on any atom is 0.270 e. The molecule has 0 saturated carbocycles. The van der Waals surface area contributed by atoms with Gasteiger partial charge in [-0.3, -0.25) is 14.9 Å². The average molecular weight is 268 g/mol. The van der Waals surface area contributed by atoms with E-state index in [9.17, 15) is 19.3 Å².